The van der Waals surface area contributed by atoms with Crippen LogP contribution >= 0.6 is 0 Å². The molecule has 0 unspecified atom stereocenters. The van der Waals surface area contributed by atoms with E-state index in [2.05, 4.69) is 4.74 Å². The monoisotopic (exact) mass is 334 g/mol. The minimum atomic E-state index is -0.592. The molecule has 7 heteroatoms. The van der Waals surface area contributed by atoms with Gasteiger partial charge in [0.15, 0.2) is 0 Å². The van der Waals surface area contributed by atoms with Gasteiger partial charge < -0.3 is 18.6 Å². The summed E-state index contributed by atoms with van der Waals surface area (Å²) in [5, 5.41) is 0.709. The molecule has 0 aliphatic carbocycles. The van der Waals surface area contributed by atoms with E-state index >= 15 is 0 Å². The van der Waals surface area contributed by atoms with Gasteiger partial charge in [-0.2, -0.15) is 0 Å². The number of esters is 2. The van der Waals surface area contributed by atoms with E-state index in [0.29, 0.717) is 23.0 Å². The van der Waals surface area contributed by atoms with Crippen molar-refractivity contribution < 1.29 is 28.2 Å². The molecular formula is C17H18O7. The Morgan fingerprint density at radius 2 is 1.88 bits per heavy atom. The lowest BCUT2D eigenvalue weighted by Gasteiger charge is -2.12. The van der Waals surface area contributed by atoms with Gasteiger partial charge in [0.05, 0.1) is 7.11 Å². The van der Waals surface area contributed by atoms with Gasteiger partial charge in [0, 0.05) is 31.0 Å². The fourth-order valence-corrected chi connectivity index (χ4v) is 2.29. The fourth-order valence-electron chi connectivity index (χ4n) is 2.29. The number of carbonyl (C=O) groups excluding carboxylic acids is 2. The summed E-state index contributed by atoms with van der Waals surface area (Å²) in [5.41, 5.74) is 1.18. The molecule has 0 amide bonds. The molecule has 0 saturated carbocycles. The van der Waals surface area contributed by atoms with Gasteiger partial charge in [-0.05, 0) is 30.5 Å². The van der Waals surface area contributed by atoms with Crippen molar-refractivity contribution in [1.82, 2.24) is 0 Å². The Balaban J connectivity index is 2.46. The van der Waals surface area contributed by atoms with Crippen LogP contribution in [-0.4, -0.2) is 32.8 Å². The number of rotatable bonds is 6. The van der Waals surface area contributed by atoms with Crippen LogP contribution in [0.3, 0.4) is 0 Å². The third-order valence-electron chi connectivity index (χ3n) is 3.44. The molecule has 0 radical (unpaired) electrons. The minimum absolute atomic E-state index is 0.132. The van der Waals surface area contributed by atoms with E-state index in [9.17, 15) is 14.4 Å². The second kappa shape index (κ2) is 7.74. The van der Waals surface area contributed by atoms with Crippen molar-refractivity contribution in [3.05, 3.63) is 39.7 Å². The minimum Gasteiger partial charge on any atom is -0.469 e. The van der Waals surface area contributed by atoms with Crippen LogP contribution in [-0.2, 0) is 25.5 Å². The molecule has 2 aromatic rings. The number of hydrogen-bond donors (Lipinski definition) is 0. The number of fused-ring (bicyclic) bond motifs is 1. The van der Waals surface area contributed by atoms with Crippen LogP contribution in [0.4, 0.5) is 0 Å². The Kier molecular flexibility index (Phi) is 5.70. The second-order valence-corrected chi connectivity index (χ2v) is 5.19. The summed E-state index contributed by atoms with van der Waals surface area (Å²) in [5.74, 6) is -0.742. The van der Waals surface area contributed by atoms with Crippen molar-refractivity contribution in [3.63, 3.8) is 0 Å². The summed E-state index contributed by atoms with van der Waals surface area (Å²) in [7, 11) is 2.68. The molecule has 0 aliphatic rings. The molecule has 0 saturated heterocycles. The third-order valence-corrected chi connectivity index (χ3v) is 3.44. The molecule has 0 spiro atoms. The second-order valence-electron chi connectivity index (χ2n) is 5.19. The Morgan fingerprint density at radius 3 is 2.54 bits per heavy atom. The maximum atomic E-state index is 11.7. The molecule has 128 valence electrons. The van der Waals surface area contributed by atoms with Crippen LogP contribution < -0.4 is 10.4 Å². The highest BCUT2D eigenvalue weighted by Gasteiger charge is 2.15. The lowest BCUT2D eigenvalue weighted by Crippen LogP contribution is -2.15. The molecule has 2 rings (SSSR count). The van der Waals surface area contributed by atoms with Crippen molar-refractivity contribution in [1.29, 1.82) is 0 Å². The van der Waals surface area contributed by atoms with Gasteiger partial charge in [-0.25, -0.2) is 9.59 Å². The third kappa shape index (κ3) is 4.20. The molecule has 0 N–H and O–H groups in total. The smallest absolute Gasteiger partial charge is 0.337 e. The average Bonchev–Trinajstić information content (AvgIpc) is 2.52. The number of ether oxygens (including phenoxy) is 3. The number of methoxy groups -OCH3 is 2. The summed E-state index contributed by atoms with van der Waals surface area (Å²) in [4.78, 5) is 34.6. The first-order chi connectivity index (χ1) is 11.4. The van der Waals surface area contributed by atoms with Gasteiger partial charge in [-0.1, -0.05) is 0 Å². The standard InChI is InChI=1S/C17H18O7/c1-10-6-16(19)24-14-8-13(23-17(20)9-21-2)11(7-12(10)14)4-5-15(18)22-3/h6-8H,4-5,9H2,1-3H3. The molecule has 1 aromatic heterocycles. The fraction of sp³-hybridized carbons (Fsp3) is 0.353. The van der Waals surface area contributed by atoms with E-state index in [0.717, 1.165) is 5.56 Å². The van der Waals surface area contributed by atoms with Crippen LogP contribution in [0.2, 0.25) is 0 Å². The molecule has 24 heavy (non-hydrogen) atoms. The van der Waals surface area contributed by atoms with Gasteiger partial charge in [-0.3, -0.25) is 4.79 Å². The predicted octanol–water partition coefficient (Wildman–Crippen LogP) is 1.76. The zero-order chi connectivity index (χ0) is 17.7. The Labute approximate surface area is 138 Å². The quantitative estimate of drug-likeness (QED) is 0.451. The van der Waals surface area contributed by atoms with Gasteiger partial charge in [-0.15, -0.1) is 0 Å². The highest BCUT2D eigenvalue weighted by molar-refractivity contribution is 5.84. The van der Waals surface area contributed by atoms with Crippen molar-refractivity contribution in [2.45, 2.75) is 19.8 Å². The first-order valence-corrected chi connectivity index (χ1v) is 7.28. The normalized spacial score (nSPS) is 10.6. The van der Waals surface area contributed by atoms with Crippen molar-refractivity contribution in [3.8, 4) is 5.75 Å². The summed E-state index contributed by atoms with van der Waals surface area (Å²) in [6.45, 7) is 1.56. The topological polar surface area (TPSA) is 92.0 Å². The molecular weight excluding hydrogens is 316 g/mol. The first kappa shape index (κ1) is 17.7. The number of carbonyl (C=O) groups is 2. The van der Waals surface area contributed by atoms with Crippen LogP contribution in [0.25, 0.3) is 11.0 Å². The Morgan fingerprint density at radius 1 is 1.12 bits per heavy atom. The van der Waals surface area contributed by atoms with E-state index in [1.54, 1.807) is 13.0 Å². The lowest BCUT2D eigenvalue weighted by molar-refractivity contribution is -0.140. The molecule has 0 bridgehead atoms. The molecule has 1 aromatic carbocycles. The van der Waals surface area contributed by atoms with E-state index in [1.165, 1.54) is 26.4 Å². The molecule has 0 aliphatic heterocycles. The van der Waals surface area contributed by atoms with Gasteiger partial charge in [0.25, 0.3) is 0 Å². The summed E-state index contributed by atoms with van der Waals surface area (Å²) in [6, 6.07) is 4.60. The SMILES string of the molecule is COCC(=O)Oc1cc2oc(=O)cc(C)c2cc1CCC(=O)OC. The van der Waals surface area contributed by atoms with Crippen LogP contribution in [0.15, 0.2) is 27.4 Å². The average molecular weight is 334 g/mol. The van der Waals surface area contributed by atoms with E-state index < -0.39 is 11.6 Å². The maximum absolute atomic E-state index is 11.7. The summed E-state index contributed by atoms with van der Waals surface area (Å²) in [6.07, 6.45) is 0.448. The van der Waals surface area contributed by atoms with E-state index in [1.807, 2.05) is 0 Å². The zero-order valence-corrected chi connectivity index (χ0v) is 13.7. The lowest BCUT2D eigenvalue weighted by atomic mass is 10.0. The molecule has 0 atom stereocenters. The first-order valence-electron chi connectivity index (χ1n) is 7.28. The van der Waals surface area contributed by atoms with Crippen molar-refractivity contribution in [2.24, 2.45) is 0 Å². The van der Waals surface area contributed by atoms with Crippen LogP contribution in [0, 0.1) is 6.92 Å². The number of hydrogen-bond acceptors (Lipinski definition) is 7. The maximum Gasteiger partial charge on any atom is 0.337 e. The van der Waals surface area contributed by atoms with Gasteiger partial charge in [0.1, 0.15) is 17.9 Å². The largest absolute Gasteiger partial charge is 0.469 e. The van der Waals surface area contributed by atoms with E-state index in [-0.39, 0.29) is 24.7 Å². The summed E-state index contributed by atoms with van der Waals surface area (Å²) < 4.78 is 19.8. The van der Waals surface area contributed by atoms with Crippen LogP contribution in [0.5, 0.6) is 5.75 Å². The Bertz CT molecular complexity index is 820. The summed E-state index contributed by atoms with van der Waals surface area (Å²) >= 11 is 0. The van der Waals surface area contributed by atoms with Crippen molar-refractivity contribution in [2.75, 3.05) is 20.8 Å². The Hall–Kier alpha value is -2.67. The van der Waals surface area contributed by atoms with Crippen molar-refractivity contribution >= 4 is 22.9 Å². The zero-order valence-electron chi connectivity index (χ0n) is 13.7. The number of benzene rings is 1. The molecule has 0 fully saturated rings. The highest BCUT2D eigenvalue weighted by atomic mass is 16.6. The van der Waals surface area contributed by atoms with Gasteiger partial charge >= 0.3 is 17.6 Å². The van der Waals surface area contributed by atoms with Gasteiger partial charge in [0.2, 0.25) is 0 Å². The van der Waals surface area contributed by atoms with E-state index in [4.69, 9.17) is 13.9 Å². The highest BCUT2D eigenvalue weighted by Crippen LogP contribution is 2.28. The predicted molar refractivity (Wildman–Crippen MR) is 85.1 cm³/mol. The van der Waals surface area contributed by atoms with Crippen LogP contribution in [0.1, 0.15) is 17.5 Å². The molecule has 1 heterocycles. The number of aryl methyl sites for hydroxylation is 2. The molecule has 7 nitrogen and oxygen atoms in total.